The van der Waals surface area contributed by atoms with E-state index in [9.17, 15) is 0 Å². The summed E-state index contributed by atoms with van der Waals surface area (Å²) in [6.07, 6.45) is 0.800. The number of nitrogens with two attached hydrogens (primary N) is 2. The molecule has 1 unspecified atom stereocenters. The zero-order valence-electron chi connectivity index (χ0n) is 9.69. The second-order valence-corrected chi connectivity index (χ2v) is 3.69. The Balaban J connectivity index is 2.41. The van der Waals surface area contributed by atoms with Gasteiger partial charge in [0.2, 0.25) is 0 Å². The van der Waals surface area contributed by atoms with E-state index < -0.39 is 0 Å². The van der Waals surface area contributed by atoms with Gasteiger partial charge < -0.3 is 20.9 Å². The molecule has 1 aromatic rings. The van der Waals surface area contributed by atoms with Crippen molar-refractivity contribution in [2.24, 2.45) is 11.5 Å². The largest absolute Gasteiger partial charge is 0.491 e. The smallest absolute Gasteiger partial charge is 0.119 e. The van der Waals surface area contributed by atoms with Gasteiger partial charge >= 0.3 is 0 Å². The molecule has 0 aliphatic carbocycles. The van der Waals surface area contributed by atoms with Crippen molar-refractivity contribution in [2.75, 3.05) is 26.9 Å². The fourth-order valence-electron chi connectivity index (χ4n) is 1.35. The lowest BCUT2D eigenvalue weighted by Crippen LogP contribution is -2.31. The maximum atomic E-state index is 5.77. The van der Waals surface area contributed by atoms with Crippen LogP contribution in [0.4, 0.5) is 0 Å². The summed E-state index contributed by atoms with van der Waals surface area (Å²) in [7, 11) is 1.65. The number of hydrogen-bond acceptors (Lipinski definition) is 4. The molecule has 1 aromatic carbocycles. The van der Waals surface area contributed by atoms with Crippen LogP contribution in [-0.2, 0) is 11.2 Å². The number of benzene rings is 1. The molecular weight excluding hydrogens is 204 g/mol. The predicted molar refractivity (Wildman–Crippen MR) is 64.5 cm³/mol. The van der Waals surface area contributed by atoms with Gasteiger partial charge in [-0.15, -0.1) is 0 Å². The van der Waals surface area contributed by atoms with Crippen molar-refractivity contribution >= 4 is 0 Å². The van der Waals surface area contributed by atoms with E-state index in [1.54, 1.807) is 7.11 Å². The first-order chi connectivity index (χ1) is 7.76. The van der Waals surface area contributed by atoms with Crippen molar-refractivity contribution in [1.29, 1.82) is 0 Å². The fourth-order valence-corrected chi connectivity index (χ4v) is 1.35. The summed E-state index contributed by atoms with van der Waals surface area (Å²) in [6, 6.07) is 7.93. The molecular formula is C12H20N2O2. The van der Waals surface area contributed by atoms with Gasteiger partial charge in [-0.05, 0) is 24.1 Å². The average molecular weight is 224 g/mol. The highest BCUT2D eigenvalue weighted by molar-refractivity contribution is 5.27. The van der Waals surface area contributed by atoms with Gasteiger partial charge in [-0.25, -0.2) is 0 Å². The summed E-state index contributed by atoms with van der Waals surface area (Å²) in [5.41, 5.74) is 12.4. The van der Waals surface area contributed by atoms with Crippen LogP contribution in [0.1, 0.15) is 5.56 Å². The molecule has 4 heteroatoms. The molecule has 1 atom stereocenters. The third-order valence-electron chi connectivity index (χ3n) is 2.28. The highest BCUT2D eigenvalue weighted by atomic mass is 16.5. The van der Waals surface area contributed by atoms with Crippen LogP contribution in [0, 0.1) is 0 Å². The minimum absolute atomic E-state index is 0.0280. The van der Waals surface area contributed by atoms with Gasteiger partial charge in [0, 0.05) is 19.7 Å². The molecule has 0 radical (unpaired) electrons. The summed E-state index contributed by atoms with van der Waals surface area (Å²) in [5, 5.41) is 0. The molecule has 0 amide bonds. The Labute approximate surface area is 96.5 Å². The van der Waals surface area contributed by atoms with Gasteiger partial charge in [0.25, 0.3) is 0 Å². The van der Waals surface area contributed by atoms with Crippen LogP contribution in [0.15, 0.2) is 24.3 Å². The average Bonchev–Trinajstić information content (AvgIpc) is 2.31. The molecule has 0 spiro atoms. The van der Waals surface area contributed by atoms with E-state index >= 15 is 0 Å². The van der Waals surface area contributed by atoms with Gasteiger partial charge in [0.1, 0.15) is 12.4 Å². The Hall–Kier alpha value is -1.10. The quantitative estimate of drug-likeness (QED) is 0.663. The minimum atomic E-state index is 0.0280. The van der Waals surface area contributed by atoms with Crippen molar-refractivity contribution < 1.29 is 9.47 Å². The lowest BCUT2D eigenvalue weighted by molar-refractivity contribution is 0.146. The lowest BCUT2D eigenvalue weighted by Gasteiger charge is -2.09. The van der Waals surface area contributed by atoms with E-state index in [1.165, 1.54) is 5.56 Å². The van der Waals surface area contributed by atoms with E-state index in [0.29, 0.717) is 19.8 Å². The summed E-state index contributed by atoms with van der Waals surface area (Å²) >= 11 is 0. The number of ether oxygens (including phenoxy) is 2. The van der Waals surface area contributed by atoms with Crippen LogP contribution < -0.4 is 16.2 Å². The monoisotopic (exact) mass is 224 g/mol. The number of methoxy groups -OCH3 is 1. The third kappa shape index (κ3) is 4.61. The SMILES string of the molecule is COCCOc1ccc(CC(N)CN)cc1. The third-order valence-corrected chi connectivity index (χ3v) is 2.28. The normalized spacial score (nSPS) is 12.4. The topological polar surface area (TPSA) is 70.5 Å². The maximum absolute atomic E-state index is 5.77. The van der Waals surface area contributed by atoms with E-state index in [1.807, 2.05) is 24.3 Å². The zero-order chi connectivity index (χ0) is 11.8. The molecule has 4 N–H and O–H groups in total. The van der Waals surface area contributed by atoms with Gasteiger partial charge in [-0.1, -0.05) is 12.1 Å². The molecule has 0 bridgehead atoms. The van der Waals surface area contributed by atoms with Crippen LogP contribution in [0.5, 0.6) is 5.75 Å². The van der Waals surface area contributed by atoms with E-state index in [4.69, 9.17) is 20.9 Å². The van der Waals surface area contributed by atoms with Gasteiger partial charge in [0.05, 0.1) is 6.61 Å². The second kappa shape index (κ2) is 7.22. The van der Waals surface area contributed by atoms with E-state index in [-0.39, 0.29) is 6.04 Å². The molecule has 0 aliphatic rings. The first-order valence-corrected chi connectivity index (χ1v) is 5.42. The number of hydrogen-bond donors (Lipinski definition) is 2. The van der Waals surface area contributed by atoms with E-state index in [2.05, 4.69) is 0 Å². The first kappa shape index (κ1) is 13.0. The summed E-state index contributed by atoms with van der Waals surface area (Å²) in [5.74, 6) is 0.849. The Kier molecular flexibility index (Phi) is 5.85. The van der Waals surface area contributed by atoms with Gasteiger partial charge in [0.15, 0.2) is 0 Å². The molecule has 1 rings (SSSR count). The minimum Gasteiger partial charge on any atom is -0.491 e. The van der Waals surface area contributed by atoms with E-state index in [0.717, 1.165) is 12.2 Å². The predicted octanol–water partition coefficient (Wildman–Crippen LogP) is 0.540. The highest BCUT2D eigenvalue weighted by Crippen LogP contribution is 2.12. The molecule has 90 valence electrons. The Bertz CT molecular complexity index is 288. The van der Waals surface area contributed by atoms with Crippen LogP contribution in [0.25, 0.3) is 0 Å². The zero-order valence-corrected chi connectivity index (χ0v) is 9.69. The molecule has 0 saturated heterocycles. The van der Waals surface area contributed by atoms with Crippen LogP contribution >= 0.6 is 0 Å². The fraction of sp³-hybridized carbons (Fsp3) is 0.500. The molecule has 0 heterocycles. The summed E-state index contributed by atoms with van der Waals surface area (Å²) in [4.78, 5) is 0. The van der Waals surface area contributed by atoms with Crippen molar-refractivity contribution in [3.8, 4) is 5.75 Å². The van der Waals surface area contributed by atoms with Gasteiger partial charge in [-0.3, -0.25) is 0 Å². The Morgan fingerprint density at radius 3 is 2.44 bits per heavy atom. The van der Waals surface area contributed by atoms with Crippen LogP contribution in [0.2, 0.25) is 0 Å². The lowest BCUT2D eigenvalue weighted by atomic mass is 10.1. The summed E-state index contributed by atoms with van der Waals surface area (Å²) < 4.78 is 10.4. The standard InChI is InChI=1S/C12H20N2O2/c1-15-6-7-16-12-4-2-10(3-5-12)8-11(14)9-13/h2-5,11H,6-9,13-14H2,1H3. The molecule has 4 nitrogen and oxygen atoms in total. The Morgan fingerprint density at radius 1 is 1.19 bits per heavy atom. The van der Waals surface area contributed by atoms with Crippen molar-refractivity contribution in [3.05, 3.63) is 29.8 Å². The van der Waals surface area contributed by atoms with Crippen molar-refractivity contribution in [3.63, 3.8) is 0 Å². The number of rotatable bonds is 7. The first-order valence-electron chi connectivity index (χ1n) is 5.42. The van der Waals surface area contributed by atoms with Crippen LogP contribution in [-0.4, -0.2) is 32.9 Å². The highest BCUT2D eigenvalue weighted by Gasteiger charge is 2.01. The Morgan fingerprint density at radius 2 is 1.88 bits per heavy atom. The molecule has 0 saturated carbocycles. The maximum Gasteiger partial charge on any atom is 0.119 e. The van der Waals surface area contributed by atoms with Crippen LogP contribution in [0.3, 0.4) is 0 Å². The summed E-state index contributed by atoms with van der Waals surface area (Å²) in [6.45, 7) is 1.67. The van der Waals surface area contributed by atoms with Crippen molar-refractivity contribution in [2.45, 2.75) is 12.5 Å². The molecule has 0 aromatic heterocycles. The van der Waals surface area contributed by atoms with Crippen molar-refractivity contribution in [1.82, 2.24) is 0 Å². The van der Waals surface area contributed by atoms with Gasteiger partial charge in [-0.2, -0.15) is 0 Å². The molecule has 0 aliphatic heterocycles. The molecule has 16 heavy (non-hydrogen) atoms. The molecule has 0 fully saturated rings. The second-order valence-electron chi connectivity index (χ2n) is 3.69.